The van der Waals surface area contributed by atoms with E-state index in [4.69, 9.17) is 0 Å². The number of amides is 1. The van der Waals surface area contributed by atoms with E-state index in [0.717, 1.165) is 22.3 Å². The molecule has 3 aromatic rings. The van der Waals surface area contributed by atoms with E-state index in [0.29, 0.717) is 12.0 Å². The van der Waals surface area contributed by atoms with Gasteiger partial charge in [0, 0.05) is 23.7 Å². The van der Waals surface area contributed by atoms with Crippen LogP contribution in [0.5, 0.6) is 0 Å². The second kappa shape index (κ2) is 5.94. The molecule has 1 heterocycles. The van der Waals surface area contributed by atoms with E-state index in [1.165, 1.54) is 0 Å². The number of nitrogens with zero attached hydrogens (tertiary/aromatic N) is 1. The van der Waals surface area contributed by atoms with Crippen molar-refractivity contribution in [1.82, 2.24) is 15.5 Å². The van der Waals surface area contributed by atoms with Crippen molar-refractivity contribution < 1.29 is 9.90 Å². The van der Waals surface area contributed by atoms with Gasteiger partial charge in [-0.3, -0.25) is 9.89 Å². The van der Waals surface area contributed by atoms with Crippen molar-refractivity contribution in [1.29, 1.82) is 0 Å². The Labute approximate surface area is 139 Å². The maximum absolute atomic E-state index is 12.6. The van der Waals surface area contributed by atoms with Crippen LogP contribution in [0.2, 0.25) is 0 Å². The first kappa shape index (κ1) is 14.7. The highest BCUT2D eigenvalue weighted by Crippen LogP contribution is 2.31. The van der Waals surface area contributed by atoms with Gasteiger partial charge in [0.25, 0.3) is 5.91 Å². The van der Waals surface area contributed by atoms with Crippen molar-refractivity contribution in [2.75, 3.05) is 0 Å². The molecule has 0 radical (unpaired) electrons. The summed E-state index contributed by atoms with van der Waals surface area (Å²) in [5.74, 6) is -0.193. The molecule has 0 bridgehead atoms. The average Bonchev–Trinajstić information content (AvgIpc) is 3.24. The van der Waals surface area contributed by atoms with Crippen LogP contribution in [0.1, 0.15) is 27.5 Å². The number of hydrogen-bond donors (Lipinski definition) is 3. The van der Waals surface area contributed by atoms with Crippen LogP contribution in [0.15, 0.2) is 60.9 Å². The lowest BCUT2D eigenvalue weighted by atomic mass is 10.0. The lowest BCUT2D eigenvalue weighted by molar-refractivity contribution is 0.0858. The van der Waals surface area contributed by atoms with Gasteiger partial charge in [0.2, 0.25) is 0 Å². The Morgan fingerprint density at radius 3 is 2.88 bits per heavy atom. The zero-order valence-corrected chi connectivity index (χ0v) is 12.9. The summed E-state index contributed by atoms with van der Waals surface area (Å²) in [7, 11) is 0. The number of hydrogen-bond acceptors (Lipinski definition) is 3. The van der Waals surface area contributed by atoms with Crippen LogP contribution in [0.25, 0.3) is 11.1 Å². The lowest BCUT2D eigenvalue weighted by Crippen LogP contribution is -2.33. The Morgan fingerprint density at radius 2 is 2.04 bits per heavy atom. The number of benzene rings is 2. The summed E-state index contributed by atoms with van der Waals surface area (Å²) >= 11 is 0. The Morgan fingerprint density at radius 1 is 1.17 bits per heavy atom. The van der Waals surface area contributed by atoms with E-state index < -0.39 is 6.10 Å². The van der Waals surface area contributed by atoms with E-state index in [9.17, 15) is 9.90 Å². The molecule has 3 N–H and O–H groups in total. The highest BCUT2D eigenvalue weighted by Gasteiger charge is 2.32. The monoisotopic (exact) mass is 319 g/mol. The van der Waals surface area contributed by atoms with Crippen molar-refractivity contribution in [3.8, 4) is 11.1 Å². The molecular formula is C19H17N3O2. The van der Waals surface area contributed by atoms with Gasteiger partial charge in [-0.25, -0.2) is 0 Å². The fourth-order valence-corrected chi connectivity index (χ4v) is 3.22. The van der Waals surface area contributed by atoms with Gasteiger partial charge in [0.05, 0.1) is 18.3 Å². The van der Waals surface area contributed by atoms with Gasteiger partial charge in [-0.15, -0.1) is 0 Å². The number of H-pyrrole nitrogens is 1. The molecule has 2 aromatic carbocycles. The molecule has 0 spiro atoms. The molecule has 1 aliphatic carbocycles. The highest BCUT2D eigenvalue weighted by atomic mass is 16.3. The summed E-state index contributed by atoms with van der Waals surface area (Å²) in [5.41, 5.74) is 4.48. The molecule has 0 fully saturated rings. The van der Waals surface area contributed by atoms with Gasteiger partial charge >= 0.3 is 0 Å². The summed E-state index contributed by atoms with van der Waals surface area (Å²) in [4.78, 5) is 12.6. The van der Waals surface area contributed by atoms with Crippen LogP contribution in [0.3, 0.4) is 0 Å². The number of nitrogens with one attached hydrogen (secondary N) is 2. The third-order valence-electron chi connectivity index (χ3n) is 4.45. The molecule has 0 saturated heterocycles. The summed E-state index contributed by atoms with van der Waals surface area (Å²) in [5, 5.41) is 19.9. The normalized spacial score (nSPS) is 19.0. The first-order valence-corrected chi connectivity index (χ1v) is 7.88. The maximum atomic E-state index is 12.6. The van der Waals surface area contributed by atoms with E-state index in [1.807, 2.05) is 42.5 Å². The van der Waals surface area contributed by atoms with Crippen molar-refractivity contribution in [2.45, 2.75) is 18.6 Å². The molecule has 2 atom stereocenters. The van der Waals surface area contributed by atoms with Crippen molar-refractivity contribution in [3.05, 3.63) is 77.6 Å². The predicted octanol–water partition coefficient (Wildman–Crippen LogP) is 2.46. The summed E-state index contributed by atoms with van der Waals surface area (Å²) in [6.07, 6.45) is 3.47. The number of carbonyl (C=O) groups excluding carboxylic acids is 1. The number of aliphatic hydroxyl groups excluding tert-OH is 1. The van der Waals surface area contributed by atoms with Gasteiger partial charge in [-0.1, -0.05) is 36.4 Å². The smallest absolute Gasteiger partial charge is 0.251 e. The van der Waals surface area contributed by atoms with Crippen molar-refractivity contribution >= 4 is 5.91 Å². The summed E-state index contributed by atoms with van der Waals surface area (Å²) in [6, 6.07) is 14.8. The molecule has 1 aliphatic rings. The number of carbonyl (C=O) groups is 1. The fraction of sp³-hybridized carbons (Fsp3) is 0.158. The minimum Gasteiger partial charge on any atom is -0.390 e. The van der Waals surface area contributed by atoms with Crippen LogP contribution in [-0.2, 0) is 6.42 Å². The molecule has 1 amide bonds. The second-order valence-electron chi connectivity index (χ2n) is 5.99. The number of aromatic amines is 1. The Hall–Kier alpha value is -2.92. The Kier molecular flexibility index (Phi) is 3.63. The average molecular weight is 319 g/mol. The summed E-state index contributed by atoms with van der Waals surface area (Å²) < 4.78 is 0. The molecule has 5 heteroatoms. The highest BCUT2D eigenvalue weighted by molar-refractivity contribution is 5.95. The molecule has 0 aliphatic heterocycles. The first-order chi connectivity index (χ1) is 11.7. The lowest BCUT2D eigenvalue weighted by Gasteiger charge is -2.18. The first-order valence-electron chi connectivity index (χ1n) is 7.88. The van der Waals surface area contributed by atoms with Crippen LogP contribution in [-0.4, -0.2) is 27.3 Å². The van der Waals surface area contributed by atoms with Crippen molar-refractivity contribution in [2.24, 2.45) is 0 Å². The van der Waals surface area contributed by atoms with Gasteiger partial charge in [-0.05, 0) is 28.8 Å². The van der Waals surface area contributed by atoms with E-state index in [2.05, 4.69) is 15.5 Å². The largest absolute Gasteiger partial charge is 0.390 e. The standard InChI is InChI=1S/C19H17N3O2/c23-17-9-13-4-1-2-7-16(13)18(17)22-19(24)14-6-3-5-12(8-14)15-10-20-21-11-15/h1-8,10-11,17-18,23H,9H2,(H,20,21)(H,22,24)/t17-,18-/m1/s1. The van der Waals surface area contributed by atoms with Gasteiger partial charge in [0.1, 0.15) is 0 Å². The molecule has 1 aromatic heterocycles. The summed E-state index contributed by atoms with van der Waals surface area (Å²) in [6.45, 7) is 0. The molecular weight excluding hydrogens is 302 g/mol. The van der Waals surface area contributed by atoms with Crippen LogP contribution >= 0.6 is 0 Å². The fourth-order valence-electron chi connectivity index (χ4n) is 3.22. The second-order valence-corrected chi connectivity index (χ2v) is 5.99. The minimum atomic E-state index is -0.594. The number of fused-ring (bicyclic) bond motifs is 1. The Bertz CT molecular complexity index is 874. The molecule has 5 nitrogen and oxygen atoms in total. The zero-order chi connectivity index (χ0) is 16.5. The van der Waals surface area contributed by atoms with E-state index in [-0.39, 0.29) is 11.9 Å². The third-order valence-corrected chi connectivity index (χ3v) is 4.45. The van der Waals surface area contributed by atoms with Gasteiger partial charge in [-0.2, -0.15) is 5.10 Å². The predicted molar refractivity (Wildman–Crippen MR) is 90.4 cm³/mol. The molecule has 120 valence electrons. The van der Waals surface area contributed by atoms with Crippen LogP contribution in [0.4, 0.5) is 0 Å². The molecule has 0 unspecified atom stereocenters. The Balaban J connectivity index is 1.58. The maximum Gasteiger partial charge on any atom is 0.251 e. The SMILES string of the molecule is O=C(N[C@@H]1c2ccccc2C[C@H]1O)c1cccc(-c2cn[nH]c2)c1. The number of rotatable bonds is 3. The van der Waals surface area contributed by atoms with Gasteiger partial charge in [0.15, 0.2) is 0 Å². The number of aliphatic hydroxyl groups is 1. The molecule has 0 saturated carbocycles. The minimum absolute atomic E-state index is 0.193. The van der Waals surface area contributed by atoms with Crippen molar-refractivity contribution in [3.63, 3.8) is 0 Å². The quantitative estimate of drug-likeness (QED) is 0.694. The van der Waals surface area contributed by atoms with E-state index in [1.54, 1.807) is 18.5 Å². The van der Waals surface area contributed by atoms with Crippen LogP contribution < -0.4 is 5.32 Å². The zero-order valence-electron chi connectivity index (χ0n) is 12.9. The molecule has 24 heavy (non-hydrogen) atoms. The van der Waals surface area contributed by atoms with Crippen LogP contribution in [0, 0.1) is 0 Å². The van der Waals surface area contributed by atoms with Gasteiger partial charge < -0.3 is 10.4 Å². The number of aromatic nitrogens is 2. The van der Waals surface area contributed by atoms with E-state index >= 15 is 0 Å². The topological polar surface area (TPSA) is 78.0 Å². The third kappa shape index (κ3) is 2.59. The molecule has 4 rings (SSSR count).